The predicted octanol–water partition coefficient (Wildman–Crippen LogP) is 3.66. The van der Waals surface area contributed by atoms with Crippen LogP contribution in [0.25, 0.3) is 10.6 Å². The molecule has 0 bridgehead atoms. The van der Waals surface area contributed by atoms with Crippen LogP contribution in [0.2, 0.25) is 0 Å². The first-order valence-corrected chi connectivity index (χ1v) is 9.74. The second kappa shape index (κ2) is 9.78. The summed E-state index contributed by atoms with van der Waals surface area (Å²) in [6.45, 7) is 1.08. The van der Waals surface area contributed by atoms with E-state index in [0.29, 0.717) is 26.0 Å². The summed E-state index contributed by atoms with van der Waals surface area (Å²) in [5, 5.41) is 4.98. The molecule has 0 aliphatic rings. The number of methoxy groups -OCH3 is 1. The van der Waals surface area contributed by atoms with E-state index in [1.165, 1.54) is 0 Å². The first kappa shape index (κ1) is 19.0. The molecule has 142 valence electrons. The Kier molecular flexibility index (Phi) is 6.87. The Hall–Kier alpha value is -2.80. The predicted molar refractivity (Wildman–Crippen MR) is 106 cm³/mol. The van der Waals surface area contributed by atoms with Gasteiger partial charge in [-0.15, -0.1) is 11.3 Å². The van der Waals surface area contributed by atoms with Gasteiger partial charge in [0.1, 0.15) is 17.2 Å². The van der Waals surface area contributed by atoms with Crippen LogP contribution in [0, 0.1) is 0 Å². The number of carbonyl (C=O) groups excluding carboxylic acids is 1. The second-order valence-corrected chi connectivity index (χ2v) is 6.88. The van der Waals surface area contributed by atoms with Crippen LogP contribution in [-0.2, 0) is 11.2 Å². The third-order valence-corrected chi connectivity index (χ3v) is 4.92. The summed E-state index contributed by atoms with van der Waals surface area (Å²) in [5.74, 6) is 1.60. The number of hydrogen-bond donors (Lipinski definition) is 2. The number of carbonyl (C=O) groups is 1. The number of amides is 1. The summed E-state index contributed by atoms with van der Waals surface area (Å²) in [6.07, 6.45) is 3.53. The van der Waals surface area contributed by atoms with E-state index in [4.69, 9.17) is 9.47 Å². The van der Waals surface area contributed by atoms with Crippen molar-refractivity contribution in [2.45, 2.75) is 19.3 Å². The molecule has 2 aromatic heterocycles. The molecule has 0 fully saturated rings. The molecule has 6 nitrogen and oxygen atoms in total. The van der Waals surface area contributed by atoms with Gasteiger partial charge in [-0.3, -0.25) is 4.79 Å². The summed E-state index contributed by atoms with van der Waals surface area (Å²) < 4.78 is 10.7. The van der Waals surface area contributed by atoms with E-state index < -0.39 is 0 Å². The molecule has 0 aliphatic heterocycles. The smallest absolute Gasteiger partial charge is 0.220 e. The van der Waals surface area contributed by atoms with Gasteiger partial charge in [0.05, 0.1) is 24.9 Å². The number of aromatic nitrogens is 2. The van der Waals surface area contributed by atoms with Gasteiger partial charge >= 0.3 is 0 Å². The van der Waals surface area contributed by atoms with E-state index >= 15 is 0 Å². The zero-order chi connectivity index (χ0) is 18.9. The minimum absolute atomic E-state index is 0.0329. The van der Waals surface area contributed by atoms with Crippen molar-refractivity contribution in [1.29, 1.82) is 0 Å². The van der Waals surface area contributed by atoms with Gasteiger partial charge in [-0.1, -0.05) is 6.07 Å². The third-order valence-electron chi connectivity index (χ3n) is 4.05. The number of H-pyrrole nitrogens is 1. The Bertz CT molecular complexity index is 829. The van der Waals surface area contributed by atoms with Crippen LogP contribution < -0.4 is 14.8 Å². The van der Waals surface area contributed by atoms with Crippen molar-refractivity contribution < 1.29 is 14.3 Å². The Balaban J connectivity index is 1.33. The molecule has 1 amide bonds. The van der Waals surface area contributed by atoms with Crippen LogP contribution in [-0.4, -0.2) is 36.1 Å². The highest BCUT2D eigenvalue weighted by atomic mass is 32.1. The molecule has 0 atom stereocenters. The maximum atomic E-state index is 12.0. The number of nitrogens with zero attached hydrogens (tertiary/aromatic N) is 1. The molecular weight excluding hydrogens is 362 g/mol. The Morgan fingerprint density at radius 1 is 1.22 bits per heavy atom. The highest BCUT2D eigenvalue weighted by molar-refractivity contribution is 7.13. The van der Waals surface area contributed by atoms with Gasteiger partial charge in [-0.25, -0.2) is 4.98 Å². The normalized spacial score (nSPS) is 10.6. The molecule has 27 heavy (non-hydrogen) atoms. The zero-order valence-electron chi connectivity index (χ0n) is 15.2. The van der Waals surface area contributed by atoms with E-state index in [0.717, 1.165) is 34.2 Å². The first-order valence-electron chi connectivity index (χ1n) is 8.86. The molecule has 1 aromatic carbocycles. The average molecular weight is 385 g/mol. The second-order valence-electron chi connectivity index (χ2n) is 5.93. The number of rotatable bonds is 10. The summed E-state index contributed by atoms with van der Waals surface area (Å²) in [5.41, 5.74) is 2.01. The number of aromatic amines is 1. The van der Waals surface area contributed by atoms with Crippen molar-refractivity contribution in [3.05, 3.63) is 53.8 Å². The topological polar surface area (TPSA) is 76.2 Å². The maximum absolute atomic E-state index is 12.0. The van der Waals surface area contributed by atoms with Gasteiger partial charge in [0.2, 0.25) is 5.91 Å². The van der Waals surface area contributed by atoms with Crippen LogP contribution in [0.4, 0.5) is 0 Å². The van der Waals surface area contributed by atoms with E-state index in [1.807, 2.05) is 41.8 Å². The molecule has 0 saturated carbocycles. The fourth-order valence-corrected chi connectivity index (χ4v) is 3.40. The van der Waals surface area contributed by atoms with E-state index in [1.54, 1.807) is 24.8 Å². The lowest BCUT2D eigenvalue weighted by Crippen LogP contribution is -2.26. The lowest BCUT2D eigenvalue weighted by Gasteiger charge is -2.08. The standard InChI is InChI=1S/C20H23N3O3S/c1-25-15-6-8-16(9-7-15)26-12-2-5-19(24)21-11-10-17-20(23-14-22-17)18-4-3-13-27-18/h3-4,6-9,13-14H,2,5,10-12H2,1H3,(H,21,24)(H,22,23). The van der Waals surface area contributed by atoms with Gasteiger partial charge in [-0.2, -0.15) is 0 Å². The van der Waals surface area contributed by atoms with Crippen LogP contribution in [0.3, 0.4) is 0 Å². The summed E-state index contributed by atoms with van der Waals surface area (Å²) in [4.78, 5) is 20.6. The number of benzene rings is 1. The van der Waals surface area contributed by atoms with Crippen LogP contribution in [0.5, 0.6) is 11.5 Å². The molecule has 0 aliphatic carbocycles. The monoisotopic (exact) mass is 385 g/mol. The largest absolute Gasteiger partial charge is 0.497 e. The number of thiophene rings is 1. The Labute approximate surface area is 162 Å². The molecular formula is C20H23N3O3S. The number of imidazole rings is 1. The van der Waals surface area contributed by atoms with Crippen molar-refractivity contribution in [1.82, 2.24) is 15.3 Å². The zero-order valence-corrected chi connectivity index (χ0v) is 16.1. The number of ether oxygens (including phenoxy) is 2. The average Bonchev–Trinajstić information content (AvgIpc) is 3.37. The number of hydrogen-bond acceptors (Lipinski definition) is 5. The Morgan fingerprint density at radius 3 is 2.78 bits per heavy atom. The van der Waals surface area contributed by atoms with E-state index in [9.17, 15) is 4.79 Å². The summed E-state index contributed by atoms with van der Waals surface area (Å²) >= 11 is 1.66. The summed E-state index contributed by atoms with van der Waals surface area (Å²) in [6, 6.07) is 11.5. The van der Waals surface area contributed by atoms with Gasteiger partial charge < -0.3 is 19.8 Å². The van der Waals surface area contributed by atoms with Gasteiger partial charge in [0, 0.05) is 25.1 Å². The fraction of sp³-hybridized carbons (Fsp3) is 0.300. The fourth-order valence-electron chi connectivity index (χ4n) is 2.65. The minimum atomic E-state index is 0.0329. The lowest BCUT2D eigenvalue weighted by molar-refractivity contribution is -0.121. The SMILES string of the molecule is COc1ccc(OCCCC(=O)NCCc2[nH]cnc2-c2cccs2)cc1. The molecule has 0 saturated heterocycles. The maximum Gasteiger partial charge on any atom is 0.220 e. The summed E-state index contributed by atoms with van der Waals surface area (Å²) in [7, 11) is 1.63. The van der Waals surface area contributed by atoms with Crippen molar-refractivity contribution >= 4 is 17.2 Å². The van der Waals surface area contributed by atoms with Crippen LogP contribution in [0.15, 0.2) is 48.1 Å². The molecule has 3 aromatic rings. The third kappa shape index (κ3) is 5.59. The van der Waals surface area contributed by atoms with Crippen molar-refractivity contribution in [3.63, 3.8) is 0 Å². The van der Waals surface area contributed by atoms with Crippen molar-refractivity contribution in [2.75, 3.05) is 20.3 Å². The number of nitrogens with one attached hydrogen (secondary N) is 2. The molecule has 0 spiro atoms. The molecule has 0 unspecified atom stereocenters. The molecule has 0 radical (unpaired) electrons. The molecule has 2 heterocycles. The minimum Gasteiger partial charge on any atom is -0.497 e. The van der Waals surface area contributed by atoms with Crippen molar-refractivity contribution in [3.8, 4) is 22.1 Å². The van der Waals surface area contributed by atoms with Gasteiger partial charge in [-0.05, 0) is 42.1 Å². The van der Waals surface area contributed by atoms with Crippen LogP contribution >= 0.6 is 11.3 Å². The molecule has 3 rings (SSSR count). The highest BCUT2D eigenvalue weighted by Gasteiger charge is 2.09. The van der Waals surface area contributed by atoms with Gasteiger partial charge in [0.25, 0.3) is 0 Å². The highest BCUT2D eigenvalue weighted by Crippen LogP contribution is 2.25. The lowest BCUT2D eigenvalue weighted by atomic mass is 10.2. The van der Waals surface area contributed by atoms with Crippen LogP contribution in [0.1, 0.15) is 18.5 Å². The van der Waals surface area contributed by atoms with E-state index in [-0.39, 0.29) is 5.91 Å². The Morgan fingerprint density at radius 2 is 2.04 bits per heavy atom. The molecule has 2 N–H and O–H groups in total. The quantitative estimate of drug-likeness (QED) is 0.522. The van der Waals surface area contributed by atoms with Crippen molar-refractivity contribution in [2.24, 2.45) is 0 Å². The molecule has 7 heteroatoms. The van der Waals surface area contributed by atoms with Gasteiger partial charge in [0.15, 0.2) is 0 Å². The van der Waals surface area contributed by atoms with E-state index in [2.05, 4.69) is 15.3 Å². The first-order chi connectivity index (χ1) is 13.3.